The number of aryl methyl sites for hydroxylation is 3. The van der Waals surface area contributed by atoms with Gasteiger partial charge in [-0.25, -0.2) is 13.4 Å². The Kier molecular flexibility index (Phi) is 7.99. The number of aromatic nitrogens is 2. The summed E-state index contributed by atoms with van der Waals surface area (Å²) < 4.78 is 24.7. The number of amides is 1. The zero-order valence-electron chi connectivity index (χ0n) is 22.3. The third-order valence-corrected chi connectivity index (χ3v) is 9.02. The Morgan fingerprint density at radius 3 is 2.54 bits per heavy atom. The number of fused-ring (bicyclic) bond motifs is 3. The third kappa shape index (κ3) is 5.70. The lowest BCUT2D eigenvalue weighted by Gasteiger charge is -2.28. The van der Waals surface area contributed by atoms with Crippen LogP contribution < -0.4 is 5.32 Å². The molecule has 0 aliphatic carbocycles. The van der Waals surface area contributed by atoms with Crippen LogP contribution in [0.3, 0.4) is 0 Å². The molecule has 3 heterocycles. The number of H-pyrrole nitrogens is 1. The quantitative estimate of drug-likeness (QED) is 0.364. The maximum absolute atomic E-state index is 12.4. The molecule has 0 radical (unpaired) electrons. The van der Waals surface area contributed by atoms with Crippen LogP contribution in [0.15, 0.2) is 47.5 Å². The number of nitrogens with zero attached hydrogens (tertiary/aromatic N) is 2. The van der Waals surface area contributed by atoms with Gasteiger partial charge < -0.3 is 15.2 Å². The number of sulfone groups is 1. The number of rotatable bonds is 5. The highest BCUT2D eigenvalue weighted by Gasteiger charge is 2.18. The second kappa shape index (κ2) is 11.0. The molecule has 1 fully saturated rings. The first-order valence-corrected chi connectivity index (χ1v) is 14.4. The summed E-state index contributed by atoms with van der Waals surface area (Å²) in [5.74, 6) is 0.0923. The van der Waals surface area contributed by atoms with Crippen LogP contribution in [0.25, 0.3) is 33.1 Å². The fraction of sp³-hybridized carbons (Fsp3) is 0.379. The van der Waals surface area contributed by atoms with E-state index in [0.29, 0.717) is 10.9 Å². The lowest BCUT2D eigenvalue weighted by molar-refractivity contribution is -0.110. The van der Waals surface area contributed by atoms with Crippen molar-refractivity contribution in [3.8, 4) is 11.1 Å². The van der Waals surface area contributed by atoms with Crippen molar-refractivity contribution in [3.05, 3.63) is 59.3 Å². The molecule has 1 saturated heterocycles. The smallest absolute Gasteiger partial charge is 0.207 e. The van der Waals surface area contributed by atoms with Gasteiger partial charge in [-0.05, 0) is 99.8 Å². The normalized spacial score (nSPS) is 14.9. The van der Waals surface area contributed by atoms with E-state index in [-0.39, 0.29) is 5.75 Å². The van der Waals surface area contributed by atoms with Crippen LogP contribution in [-0.4, -0.2) is 61.6 Å². The number of nitrogens with one attached hydrogen (secondary N) is 2. The molecular weight excluding hydrogens is 484 g/mol. The van der Waals surface area contributed by atoms with Crippen molar-refractivity contribution >= 4 is 38.2 Å². The van der Waals surface area contributed by atoms with Crippen molar-refractivity contribution in [3.63, 3.8) is 0 Å². The second-order valence-electron chi connectivity index (χ2n) is 9.94. The molecule has 7 nitrogen and oxygen atoms in total. The predicted molar refractivity (Wildman–Crippen MR) is 151 cm³/mol. The van der Waals surface area contributed by atoms with Crippen molar-refractivity contribution in [1.29, 1.82) is 0 Å². The molecule has 2 aromatic carbocycles. The predicted octanol–water partition coefficient (Wildman–Crippen LogP) is 4.93. The van der Waals surface area contributed by atoms with Crippen LogP contribution in [0.2, 0.25) is 0 Å². The van der Waals surface area contributed by atoms with E-state index in [9.17, 15) is 13.2 Å². The Morgan fingerprint density at radius 1 is 1.14 bits per heavy atom. The highest BCUT2D eigenvalue weighted by Crippen LogP contribution is 2.38. The zero-order valence-corrected chi connectivity index (χ0v) is 23.1. The van der Waals surface area contributed by atoms with Gasteiger partial charge in [-0.1, -0.05) is 25.1 Å². The van der Waals surface area contributed by atoms with Gasteiger partial charge >= 0.3 is 0 Å². The van der Waals surface area contributed by atoms with Crippen molar-refractivity contribution in [2.75, 3.05) is 25.9 Å². The Hall–Kier alpha value is -3.23. The average Bonchev–Trinajstić information content (AvgIpc) is 3.27. The number of carbonyl (C=O) groups is 1. The summed E-state index contributed by atoms with van der Waals surface area (Å²) >= 11 is 0. The Labute approximate surface area is 219 Å². The molecule has 1 aliphatic rings. The van der Waals surface area contributed by atoms with E-state index >= 15 is 0 Å². The van der Waals surface area contributed by atoms with E-state index < -0.39 is 9.84 Å². The molecule has 1 aliphatic heterocycles. The second-order valence-corrected chi connectivity index (χ2v) is 12.2. The Balaban J connectivity index is 0.000000270. The summed E-state index contributed by atoms with van der Waals surface area (Å²) in [6.45, 7) is 10.1. The minimum Gasteiger partial charge on any atom is -0.356 e. The summed E-state index contributed by atoms with van der Waals surface area (Å²) in [5, 5.41) is 4.95. The minimum absolute atomic E-state index is 0.0923. The standard InChI is InChI=1S/C22H22N2O2S.C7H14N2O/c1-5-27(25,26)17-8-6-7-16(11-17)18-10-14(3)15(4)21-20(18)19-9-13(2)12-23-22(19)24-21;1-9-4-2-7(3-5-9)8-6-10/h6-12H,5H2,1-4H3,(H,23,24);6-7H,2-5H2,1H3,(H,8,10). The van der Waals surface area contributed by atoms with Crippen LogP contribution in [0.4, 0.5) is 0 Å². The number of piperidine rings is 1. The number of hydrogen-bond acceptors (Lipinski definition) is 5. The molecule has 1 amide bonds. The summed E-state index contributed by atoms with van der Waals surface area (Å²) in [6.07, 6.45) is 4.84. The van der Waals surface area contributed by atoms with E-state index in [1.807, 2.05) is 25.3 Å². The topological polar surface area (TPSA) is 95.2 Å². The van der Waals surface area contributed by atoms with Gasteiger partial charge in [-0.15, -0.1) is 0 Å². The molecule has 2 aromatic heterocycles. The van der Waals surface area contributed by atoms with Crippen LogP contribution >= 0.6 is 0 Å². The molecule has 8 heteroatoms. The summed E-state index contributed by atoms with van der Waals surface area (Å²) in [5.41, 5.74) is 7.27. The average molecular weight is 521 g/mol. The van der Waals surface area contributed by atoms with Crippen molar-refractivity contribution in [2.45, 2.75) is 51.5 Å². The fourth-order valence-electron chi connectivity index (χ4n) is 4.85. The number of hydrogen-bond donors (Lipinski definition) is 2. The van der Waals surface area contributed by atoms with Crippen LogP contribution in [0.1, 0.15) is 36.5 Å². The van der Waals surface area contributed by atoms with E-state index in [2.05, 4.69) is 53.2 Å². The summed E-state index contributed by atoms with van der Waals surface area (Å²) in [4.78, 5) is 20.7. The maximum atomic E-state index is 12.4. The SMILES string of the molecule is CCS(=O)(=O)c1cccc(-c2cc(C)c(C)c3[nH]c4ncc(C)cc4c23)c1.CN1CCC(NC=O)CC1. The van der Waals surface area contributed by atoms with E-state index in [1.165, 1.54) is 5.56 Å². The first-order chi connectivity index (χ1) is 17.6. The lowest BCUT2D eigenvalue weighted by atomic mass is 9.94. The highest BCUT2D eigenvalue weighted by molar-refractivity contribution is 7.91. The van der Waals surface area contributed by atoms with Gasteiger partial charge in [0.2, 0.25) is 6.41 Å². The zero-order chi connectivity index (χ0) is 26.7. The fourth-order valence-corrected chi connectivity index (χ4v) is 5.78. The Bertz CT molecular complexity index is 1530. The molecule has 2 N–H and O–H groups in total. The van der Waals surface area contributed by atoms with Gasteiger partial charge in [0.25, 0.3) is 0 Å². The van der Waals surface area contributed by atoms with Gasteiger partial charge in [-0.2, -0.15) is 0 Å². The first kappa shape index (κ1) is 26.8. The molecule has 4 aromatic rings. The van der Waals surface area contributed by atoms with Crippen LogP contribution in [-0.2, 0) is 14.6 Å². The molecule has 196 valence electrons. The highest BCUT2D eigenvalue weighted by atomic mass is 32.2. The lowest BCUT2D eigenvalue weighted by Crippen LogP contribution is -2.40. The van der Waals surface area contributed by atoms with Crippen LogP contribution in [0.5, 0.6) is 0 Å². The molecule has 0 saturated carbocycles. The largest absolute Gasteiger partial charge is 0.356 e. The maximum Gasteiger partial charge on any atom is 0.207 e. The summed E-state index contributed by atoms with van der Waals surface area (Å²) in [6, 6.07) is 11.9. The first-order valence-electron chi connectivity index (χ1n) is 12.7. The van der Waals surface area contributed by atoms with E-state index in [1.54, 1.807) is 19.1 Å². The van der Waals surface area contributed by atoms with Crippen LogP contribution in [0, 0.1) is 20.8 Å². The Morgan fingerprint density at radius 2 is 1.86 bits per heavy atom. The molecular formula is C29H36N4O3S. The molecule has 37 heavy (non-hydrogen) atoms. The number of benzene rings is 2. The molecule has 0 spiro atoms. The van der Waals surface area contributed by atoms with Gasteiger partial charge in [0.1, 0.15) is 5.65 Å². The molecule has 0 unspecified atom stereocenters. The van der Waals surface area contributed by atoms with Crippen molar-refractivity contribution in [1.82, 2.24) is 20.2 Å². The number of pyridine rings is 1. The number of likely N-dealkylation sites (tertiary alicyclic amines) is 1. The van der Waals surface area contributed by atoms with Gasteiger partial charge in [0, 0.05) is 23.0 Å². The van der Waals surface area contributed by atoms with Gasteiger partial charge in [-0.3, -0.25) is 4.79 Å². The monoisotopic (exact) mass is 520 g/mol. The van der Waals surface area contributed by atoms with Gasteiger partial charge in [0.05, 0.1) is 16.2 Å². The third-order valence-electron chi connectivity index (χ3n) is 7.29. The number of aromatic amines is 1. The van der Waals surface area contributed by atoms with E-state index in [0.717, 1.165) is 76.5 Å². The minimum atomic E-state index is -3.26. The van der Waals surface area contributed by atoms with Gasteiger partial charge in [0.15, 0.2) is 9.84 Å². The van der Waals surface area contributed by atoms with Crippen molar-refractivity contribution < 1.29 is 13.2 Å². The molecule has 0 atom stereocenters. The van der Waals surface area contributed by atoms with E-state index in [4.69, 9.17) is 0 Å². The number of carbonyl (C=O) groups excluding carboxylic acids is 1. The summed E-state index contributed by atoms with van der Waals surface area (Å²) in [7, 11) is -1.15. The molecule has 0 bridgehead atoms. The molecule has 5 rings (SSSR count). The van der Waals surface area contributed by atoms with Crippen molar-refractivity contribution in [2.24, 2.45) is 0 Å².